The van der Waals surface area contributed by atoms with E-state index in [1.165, 1.54) is 0 Å². The van der Waals surface area contributed by atoms with Gasteiger partial charge in [0.2, 0.25) is 5.91 Å². The molecule has 3 rings (SSSR count). The zero-order valence-corrected chi connectivity index (χ0v) is 12.9. The zero-order chi connectivity index (χ0) is 15.2. The lowest BCUT2D eigenvalue weighted by molar-refractivity contribution is -0.118. The summed E-state index contributed by atoms with van der Waals surface area (Å²) < 4.78 is 10.8. The zero-order valence-electron chi connectivity index (χ0n) is 12.9. The first-order chi connectivity index (χ1) is 10.8. The second-order valence-electron chi connectivity index (χ2n) is 5.95. The van der Waals surface area contributed by atoms with Gasteiger partial charge in [-0.2, -0.15) is 0 Å². The topological polar surface area (TPSA) is 50.8 Å². The molecule has 5 nitrogen and oxygen atoms in total. The minimum atomic E-state index is 0.0798. The lowest BCUT2D eigenvalue weighted by Gasteiger charge is -2.30. The standard InChI is InChI=1S/C17H24N2O3/c20-17(12-14-4-3-9-22-13-14)18-15-5-1-2-6-16(15)19-7-10-21-11-8-19/h1-2,5-6,14H,3-4,7-13H2,(H,18,20). The minimum absolute atomic E-state index is 0.0798. The maximum atomic E-state index is 12.3. The molecular weight excluding hydrogens is 280 g/mol. The molecular formula is C17H24N2O3. The highest BCUT2D eigenvalue weighted by molar-refractivity contribution is 5.94. The number of hydrogen-bond donors (Lipinski definition) is 1. The maximum Gasteiger partial charge on any atom is 0.224 e. The molecule has 0 saturated carbocycles. The number of hydrogen-bond acceptors (Lipinski definition) is 4. The fraction of sp³-hybridized carbons (Fsp3) is 0.588. The Labute approximate surface area is 131 Å². The normalized spacial score (nSPS) is 22.4. The Morgan fingerprint density at radius 3 is 2.77 bits per heavy atom. The van der Waals surface area contributed by atoms with Crippen LogP contribution in [0.5, 0.6) is 0 Å². The predicted molar refractivity (Wildman–Crippen MR) is 86.3 cm³/mol. The van der Waals surface area contributed by atoms with Crippen LogP contribution in [-0.2, 0) is 14.3 Å². The quantitative estimate of drug-likeness (QED) is 0.927. The molecule has 1 unspecified atom stereocenters. The van der Waals surface area contributed by atoms with Gasteiger partial charge in [-0.1, -0.05) is 12.1 Å². The van der Waals surface area contributed by atoms with E-state index < -0.39 is 0 Å². The largest absolute Gasteiger partial charge is 0.381 e. The summed E-state index contributed by atoms with van der Waals surface area (Å²) in [6.07, 6.45) is 2.68. The Hall–Kier alpha value is -1.59. The molecule has 120 valence electrons. The summed E-state index contributed by atoms with van der Waals surface area (Å²) in [6.45, 7) is 4.74. The summed E-state index contributed by atoms with van der Waals surface area (Å²) in [4.78, 5) is 14.6. The van der Waals surface area contributed by atoms with Crippen molar-refractivity contribution in [3.63, 3.8) is 0 Å². The first-order valence-electron chi connectivity index (χ1n) is 8.12. The number of anilines is 2. The van der Waals surface area contributed by atoms with E-state index in [9.17, 15) is 4.79 Å². The number of amides is 1. The molecule has 0 aliphatic carbocycles. The molecule has 1 aromatic carbocycles. The molecule has 1 atom stereocenters. The maximum absolute atomic E-state index is 12.3. The molecule has 2 aliphatic heterocycles. The monoisotopic (exact) mass is 304 g/mol. The first kappa shape index (κ1) is 15.3. The van der Waals surface area contributed by atoms with E-state index in [1.54, 1.807) is 0 Å². The number of carbonyl (C=O) groups excluding carboxylic acids is 1. The summed E-state index contributed by atoms with van der Waals surface area (Å²) >= 11 is 0. The van der Waals surface area contributed by atoms with E-state index in [-0.39, 0.29) is 5.91 Å². The van der Waals surface area contributed by atoms with E-state index in [0.717, 1.165) is 57.1 Å². The van der Waals surface area contributed by atoms with Crippen molar-refractivity contribution in [2.24, 2.45) is 5.92 Å². The van der Waals surface area contributed by atoms with Crippen LogP contribution >= 0.6 is 0 Å². The predicted octanol–water partition coefficient (Wildman–Crippen LogP) is 2.28. The van der Waals surface area contributed by atoms with Crippen LogP contribution in [0.25, 0.3) is 0 Å². The van der Waals surface area contributed by atoms with Gasteiger partial charge >= 0.3 is 0 Å². The molecule has 1 N–H and O–H groups in total. The highest BCUT2D eigenvalue weighted by atomic mass is 16.5. The van der Waals surface area contributed by atoms with Crippen LogP contribution in [0, 0.1) is 5.92 Å². The van der Waals surface area contributed by atoms with Gasteiger partial charge in [0.1, 0.15) is 0 Å². The van der Waals surface area contributed by atoms with Crippen molar-refractivity contribution in [1.82, 2.24) is 0 Å². The first-order valence-corrected chi connectivity index (χ1v) is 8.12. The molecule has 0 radical (unpaired) electrons. The number of carbonyl (C=O) groups is 1. The van der Waals surface area contributed by atoms with E-state index in [4.69, 9.17) is 9.47 Å². The van der Waals surface area contributed by atoms with Gasteiger partial charge < -0.3 is 19.7 Å². The van der Waals surface area contributed by atoms with E-state index in [2.05, 4.69) is 16.3 Å². The average Bonchev–Trinajstić information content (AvgIpc) is 2.57. The minimum Gasteiger partial charge on any atom is -0.381 e. The molecule has 5 heteroatoms. The van der Waals surface area contributed by atoms with E-state index in [0.29, 0.717) is 18.9 Å². The van der Waals surface area contributed by atoms with Crippen LogP contribution in [-0.4, -0.2) is 45.4 Å². The Morgan fingerprint density at radius 1 is 1.18 bits per heavy atom. The number of ether oxygens (including phenoxy) is 2. The molecule has 1 amide bonds. The van der Waals surface area contributed by atoms with Gasteiger partial charge in [0.05, 0.1) is 24.6 Å². The summed E-state index contributed by atoms with van der Waals surface area (Å²) in [7, 11) is 0. The van der Waals surface area contributed by atoms with Crippen molar-refractivity contribution in [3.05, 3.63) is 24.3 Å². The number of morpholine rings is 1. The number of rotatable bonds is 4. The van der Waals surface area contributed by atoms with Crippen LogP contribution in [0.3, 0.4) is 0 Å². The third kappa shape index (κ3) is 3.99. The highest BCUT2D eigenvalue weighted by Crippen LogP contribution is 2.27. The van der Waals surface area contributed by atoms with Crippen LogP contribution in [0.4, 0.5) is 11.4 Å². The molecule has 0 aromatic heterocycles. The van der Waals surface area contributed by atoms with Gasteiger partial charge in [-0.05, 0) is 30.9 Å². The Balaban J connectivity index is 1.62. The molecule has 2 aliphatic rings. The molecule has 2 fully saturated rings. The second-order valence-corrected chi connectivity index (χ2v) is 5.95. The highest BCUT2D eigenvalue weighted by Gasteiger charge is 2.19. The molecule has 2 heterocycles. The molecule has 0 bridgehead atoms. The van der Waals surface area contributed by atoms with Crippen molar-refractivity contribution < 1.29 is 14.3 Å². The molecule has 2 saturated heterocycles. The number of benzene rings is 1. The van der Waals surface area contributed by atoms with E-state index in [1.807, 2.05) is 18.2 Å². The molecule has 22 heavy (non-hydrogen) atoms. The summed E-state index contributed by atoms with van der Waals surface area (Å²) in [5, 5.41) is 3.08. The fourth-order valence-electron chi connectivity index (χ4n) is 3.09. The molecule has 1 aromatic rings. The summed E-state index contributed by atoms with van der Waals surface area (Å²) in [5.74, 6) is 0.431. The van der Waals surface area contributed by atoms with Crippen molar-refractivity contribution in [2.45, 2.75) is 19.3 Å². The third-order valence-corrected chi connectivity index (χ3v) is 4.26. The van der Waals surface area contributed by atoms with Gasteiger partial charge in [-0.15, -0.1) is 0 Å². The number of nitrogens with zero attached hydrogens (tertiary/aromatic N) is 1. The lowest BCUT2D eigenvalue weighted by atomic mass is 9.98. The van der Waals surface area contributed by atoms with Gasteiger partial charge in [0.15, 0.2) is 0 Å². The average molecular weight is 304 g/mol. The number of para-hydroxylation sites is 2. The third-order valence-electron chi connectivity index (χ3n) is 4.26. The van der Waals surface area contributed by atoms with Crippen molar-refractivity contribution in [2.75, 3.05) is 49.7 Å². The van der Waals surface area contributed by atoms with Crippen LogP contribution < -0.4 is 10.2 Å². The van der Waals surface area contributed by atoms with Crippen LogP contribution in [0.1, 0.15) is 19.3 Å². The van der Waals surface area contributed by atoms with Crippen LogP contribution in [0.2, 0.25) is 0 Å². The second kappa shape index (κ2) is 7.61. The van der Waals surface area contributed by atoms with Gasteiger partial charge in [-0.3, -0.25) is 4.79 Å². The van der Waals surface area contributed by atoms with Crippen molar-refractivity contribution in [3.8, 4) is 0 Å². The Morgan fingerprint density at radius 2 is 2.00 bits per heavy atom. The van der Waals surface area contributed by atoms with E-state index >= 15 is 0 Å². The van der Waals surface area contributed by atoms with Gasteiger partial charge in [0, 0.05) is 32.7 Å². The van der Waals surface area contributed by atoms with Crippen molar-refractivity contribution >= 4 is 17.3 Å². The summed E-state index contributed by atoms with van der Waals surface area (Å²) in [5.41, 5.74) is 1.98. The Bertz CT molecular complexity index is 494. The fourth-order valence-corrected chi connectivity index (χ4v) is 3.09. The Kier molecular flexibility index (Phi) is 5.29. The summed E-state index contributed by atoms with van der Waals surface area (Å²) in [6, 6.07) is 8.00. The van der Waals surface area contributed by atoms with Gasteiger partial charge in [0.25, 0.3) is 0 Å². The van der Waals surface area contributed by atoms with Crippen molar-refractivity contribution in [1.29, 1.82) is 0 Å². The SMILES string of the molecule is O=C(CC1CCCOC1)Nc1ccccc1N1CCOCC1. The lowest BCUT2D eigenvalue weighted by Crippen LogP contribution is -2.36. The van der Waals surface area contributed by atoms with Gasteiger partial charge in [-0.25, -0.2) is 0 Å². The number of nitrogens with one attached hydrogen (secondary N) is 1. The smallest absolute Gasteiger partial charge is 0.224 e. The molecule has 0 spiro atoms. The van der Waals surface area contributed by atoms with Crippen LogP contribution in [0.15, 0.2) is 24.3 Å².